The van der Waals surface area contributed by atoms with Gasteiger partial charge in [-0.3, -0.25) is 4.79 Å². The Hall–Kier alpha value is -1.83. The number of rotatable bonds is 4. The van der Waals surface area contributed by atoms with Crippen LogP contribution in [0.3, 0.4) is 0 Å². The molecule has 2 atom stereocenters. The van der Waals surface area contributed by atoms with Crippen molar-refractivity contribution in [2.75, 3.05) is 18.0 Å². The molecular formula is C23H30F2N4O2. The van der Waals surface area contributed by atoms with Gasteiger partial charge in [0.2, 0.25) is 5.95 Å². The fourth-order valence-electron chi connectivity index (χ4n) is 7.32. The minimum atomic E-state index is -2.68. The number of amides is 1. The first-order valence-corrected chi connectivity index (χ1v) is 11.8. The number of halogens is 2. The Morgan fingerprint density at radius 2 is 1.81 bits per heavy atom. The molecule has 0 aromatic carbocycles. The molecule has 1 aromatic rings. The van der Waals surface area contributed by atoms with Gasteiger partial charge < -0.3 is 15.3 Å². The summed E-state index contributed by atoms with van der Waals surface area (Å²) in [5, 5.41) is 14.1. The summed E-state index contributed by atoms with van der Waals surface area (Å²) in [7, 11) is 0. The fourth-order valence-corrected chi connectivity index (χ4v) is 7.32. The molecule has 2 heterocycles. The lowest BCUT2D eigenvalue weighted by Crippen LogP contribution is -2.61. The van der Waals surface area contributed by atoms with Gasteiger partial charge in [-0.2, -0.15) is 0 Å². The molecule has 1 aromatic heterocycles. The van der Waals surface area contributed by atoms with Crippen molar-refractivity contribution in [3.8, 4) is 0 Å². The molecule has 0 radical (unpaired) electrons. The van der Waals surface area contributed by atoms with Gasteiger partial charge in [0.25, 0.3) is 11.8 Å². The Morgan fingerprint density at radius 1 is 1.13 bits per heavy atom. The van der Waals surface area contributed by atoms with Crippen molar-refractivity contribution in [3.05, 3.63) is 17.5 Å². The number of carbonyl (C=O) groups is 1. The number of anilines is 1. The van der Waals surface area contributed by atoms with Crippen LogP contribution in [0.15, 0.2) is 6.20 Å². The van der Waals surface area contributed by atoms with Gasteiger partial charge in [0.1, 0.15) is 0 Å². The molecular weight excluding hydrogens is 402 g/mol. The minimum Gasteiger partial charge on any atom is -0.390 e. The molecule has 5 saturated carbocycles. The molecule has 1 saturated heterocycles. The number of nitrogens with one attached hydrogen (secondary N) is 1. The van der Waals surface area contributed by atoms with Gasteiger partial charge in [-0.1, -0.05) is 12.8 Å². The van der Waals surface area contributed by atoms with Crippen LogP contribution in [0.1, 0.15) is 79.8 Å². The number of aromatic nitrogens is 2. The van der Waals surface area contributed by atoms with Crippen LogP contribution in [0.4, 0.5) is 14.7 Å². The lowest BCUT2D eigenvalue weighted by atomic mass is 9.52. The third kappa shape index (κ3) is 3.41. The molecule has 2 unspecified atom stereocenters. The second-order valence-electron chi connectivity index (χ2n) is 10.9. The molecule has 6 nitrogen and oxygen atoms in total. The maximum atomic E-state index is 13.4. The topological polar surface area (TPSA) is 78.3 Å². The van der Waals surface area contributed by atoms with Gasteiger partial charge in [0.15, 0.2) is 0 Å². The maximum absolute atomic E-state index is 13.4. The first kappa shape index (κ1) is 19.8. The second kappa shape index (κ2) is 6.83. The number of alkyl halides is 2. The molecule has 2 N–H and O–H groups in total. The lowest BCUT2D eigenvalue weighted by molar-refractivity contribution is -0.136. The highest BCUT2D eigenvalue weighted by Gasteiger charge is 2.55. The summed E-state index contributed by atoms with van der Waals surface area (Å²) in [6.07, 6.45) is 10.3. The van der Waals surface area contributed by atoms with Crippen LogP contribution in [-0.4, -0.2) is 51.6 Å². The monoisotopic (exact) mass is 432 g/mol. The van der Waals surface area contributed by atoms with E-state index >= 15 is 0 Å². The molecule has 6 aliphatic rings. The third-order valence-corrected chi connectivity index (χ3v) is 8.46. The van der Waals surface area contributed by atoms with E-state index in [1.807, 2.05) is 0 Å². The number of carbonyl (C=O) groups excluding carboxylic acids is 1. The average Bonchev–Trinajstić information content (AvgIpc) is 3.22. The molecule has 1 aliphatic heterocycles. The van der Waals surface area contributed by atoms with Crippen molar-refractivity contribution in [1.82, 2.24) is 15.3 Å². The number of hydrogen-bond donors (Lipinski definition) is 2. The summed E-state index contributed by atoms with van der Waals surface area (Å²) in [5.74, 6) is -1.09. The standard InChI is InChI=1S/C23H30F2N4O2/c24-23(25)11-29(12-23)21-26-10-17(19(28-21)14-3-1-2-4-14)20(30)27-18-15-5-13-6-16(18)9-22(31,7-13)8-15/h10,13-16,18,31H,1-9,11-12H2,(H,27,30). The zero-order valence-electron chi connectivity index (χ0n) is 17.7. The van der Waals surface area contributed by atoms with Crippen LogP contribution in [0.2, 0.25) is 0 Å². The van der Waals surface area contributed by atoms with Crippen molar-refractivity contribution in [2.45, 2.75) is 81.3 Å². The third-order valence-electron chi connectivity index (χ3n) is 8.46. The Morgan fingerprint density at radius 3 is 2.42 bits per heavy atom. The fraction of sp³-hybridized carbons (Fsp3) is 0.783. The van der Waals surface area contributed by atoms with Crippen molar-refractivity contribution in [1.29, 1.82) is 0 Å². The molecule has 7 rings (SSSR count). The normalized spacial score (nSPS) is 38.4. The van der Waals surface area contributed by atoms with Crippen molar-refractivity contribution in [3.63, 3.8) is 0 Å². The van der Waals surface area contributed by atoms with E-state index in [1.165, 1.54) is 4.90 Å². The van der Waals surface area contributed by atoms with Crippen LogP contribution < -0.4 is 10.2 Å². The van der Waals surface area contributed by atoms with Gasteiger partial charge in [0.05, 0.1) is 29.9 Å². The van der Waals surface area contributed by atoms with E-state index in [0.29, 0.717) is 29.3 Å². The number of hydrogen-bond acceptors (Lipinski definition) is 5. The van der Waals surface area contributed by atoms with Crippen LogP contribution in [-0.2, 0) is 0 Å². The van der Waals surface area contributed by atoms with Crippen molar-refractivity contribution in [2.24, 2.45) is 17.8 Å². The molecule has 5 aliphatic carbocycles. The predicted octanol–water partition coefficient (Wildman–Crippen LogP) is 3.26. The van der Waals surface area contributed by atoms with E-state index in [4.69, 9.17) is 0 Å². The Kier molecular flexibility index (Phi) is 4.37. The van der Waals surface area contributed by atoms with Crippen molar-refractivity contribution < 1.29 is 18.7 Å². The molecule has 0 spiro atoms. The van der Waals surface area contributed by atoms with E-state index in [1.54, 1.807) is 6.20 Å². The SMILES string of the molecule is O=C(NC1C2CC3CC1CC(O)(C3)C2)c1cnc(N2CC(F)(F)C2)nc1C1CCCC1. The second-order valence-corrected chi connectivity index (χ2v) is 10.9. The molecule has 31 heavy (non-hydrogen) atoms. The summed E-state index contributed by atoms with van der Waals surface area (Å²) in [4.78, 5) is 23.8. The van der Waals surface area contributed by atoms with Gasteiger partial charge in [-0.15, -0.1) is 0 Å². The summed E-state index contributed by atoms with van der Waals surface area (Å²) >= 11 is 0. The van der Waals surface area contributed by atoms with E-state index in [2.05, 4.69) is 15.3 Å². The largest absolute Gasteiger partial charge is 0.390 e. The molecule has 6 fully saturated rings. The predicted molar refractivity (Wildman–Crippen MR) is 110 cm³/mol. The maximum Gasteiger partial charge on any atom is 0.282 e. The summed E-state index contributed by atoms with van der Waals surface area (Å²) in [6, 6.07) is 0.0921. The quantitative estimate of drug-likeness (QED) is 0.764. The zero-order chi connectivity index (χ0) is 21.4. The number of aliphatic hydroxyl groups is 1. The molecule has 4 bridgehead atoms. The zero-order valence-corrected chi connectivity index (χ0v) is 17.7. The van der Waals surface area contributed by atoms with E-state index < -0.39 is 11.5 Å². The smallest absolute Gasteiger partial charge is 0.282 e. The Bertz CT molecular complexity index is 880. The highest BCUT2D eigenvalue weighted by Crippen LogP contribution is 2.55. The molecule has 168 valence electrons. The minimum absolute atomic E-state index is 0.0921. The first-order valence-electron chi connectivity index (χ1n) is 11.8. The summed E-state index contributed by atoms with van der Waals surface area (Å²) < 4.78 is 26.7. The van der Waals surface area contributed by atoms with E-state index in [9.17, 15) is 18.7 Å². The highest BCUT2D eigenvalue weighted by molar-refractivity contribution is 5.95. The van der Waals surface area contributed by atoms with Gasteiger partial charge in [0, 0.05) is 18.2 Å². The Labute approximate surface area is 180 Å². The van der Waals surface area contributed by atoms with Crippen molar-refractivity contribution >= 4 is 11.9 Å². The van der Waals surface area contributed by atoms with Crippen LogP contribution in [0.5, 0.6) is 0 Å². The van der Waals surface area contributed by atoms with Crippen LogP contribution >= 0.6 is 0 Å². The van der Waals surface area contributed by atoms with Crippen LogP contribution in [0.25, 0.3) is 0 Å². The highest BCUT2D eigenvalue weighted by atomic mass is 19.3. The van der Waals surface area contributed by atoms with Gasteiger partial charge in [-0.25, -0.2) is 18.7 Å². The Balaban J connectivity index is 1.24. The first-order chi connectivity index (χ1) is 14.8. The lowest BCUT2D eigenvalue weighted by Gasteiger charge is -2.58. The van der Waals surface area contributed by atoms with E-state index in [-0.39, 0.29) is 31.0 Å². The van der Waals surface area contributed by atoms with Gasteiger partial charge in [-0.05, 0) is 62.7 Å². The van der Waals surface area contributed by atoms with Crippen LogP contribution in [0, 0.1) is 17.8 Å². The van der Waals surface area contributed by atoms with E-state index in [0.717, 1.165) is 63.5 Å². The molecule has 1 amide bonds. The van der Waals surface area contributed by atoms with Gasteiger partial charge >= 0.3 is 0 Å². The summed E-state index contributed by atoms with van der Waals surface area (Å²) in [6.45, 7) is -0.726. The summed E-state index contributed by atoms with van der Waals surface area (Å²) in [5.41, 5.74) is 0.685. The molecule has 8 heteroatoms. The average molecular weight is 433 g/mol. The number of nitrogens with zero attached hydrogens (tertiary/aromatic N) is 3.